The average Bonchev–Trinajstić information content (AvgIpc) is 2.47. The van der Waals surface area contributed by atoms with E-state index in [4.69, 9.17) is 5.73 Å². The summed E-state index contributed by atoms with van der Waals surface area (Å²) in [4.78, 5) is 20.0. The molecule has 5 nitrogen and oxygen atoms in total. The van der Waals surface area contributed by atoms with Gasteiger partial charge in [0.05, 0.1) is 5.52 Å². The van der Waals surface area contributed by atoms with Crippen LogP contribution in [0.1, 0.15) is 17.3 Å². The Balaban J connectivity index is 2.38. The van der Waals surface area contributed by atoms with Crippen molar-refractivity contribution in [3.05, 3.63) is 42.2 Å². The number of primary amides is 1. The second-order valence-corrected chi connectivity index (χ2v) is 4.51. The number of nitrogens with one attached hydrogen (secondary N) is 1. The summed E-state index contributed by atoms with van der Waals surface area (Å²) in [5, 5.41) is 6.21. The van der Waals surface area contributed by atoms with Crippen LogP contribution in [0, 0.1) is 0 Å². The van der Waals surface area contributed by atoms with Crippen LogP contribution in [0.25, 0.3) is 21.7 Å². The SMILES string of the molecule is CCNc1nc2cc(C(N)=O)ccc2c2cnccc12. The molecule has 3 aromatic rings. The highest BCUT2D eigenvalue weighted by Crippen LogP contribution is 2.29. The van der Waals surface area contributed by atoms with Crippen LogP contribution in [0.3, 0.4) is 0 Å². The molecule has 2 heterocycles. The average molecular weight is 266 g/mol. The number of amides is 1. The standard InChI is InChI=1S/C15H14N4O/c1-2-18-15-11-5-6-17-8-12(11)10-4-3-9(14(16)20)7-13(10)19-15/h3-8H,2H2,1H3,(H2,16,20)(H,18,19). The molecule has 0 radical (unpaired) electrons. The third-order valence-electron chi connectivity index (χ3n) is 3.23. The first-order chi connectivity index (χ1) is 9.70. The number of hydrogen-bond acceptors (Lipinski definition) is 4. The first-order valence-electron chi connectivity index (χ1n) is 6.42. The highest BCUT2D eigenvalue weighted by Gasteiger charge is 2.09. The van der Waals surface area contributed by atoms with E-state index in [0.29, 0.717) is 5.56 Å². The van der Waals surface area contributed by atoms with Crippen LogP contribution in [0.15, 0.2) is 36.7 Å². The molecule has 0 fully saturated rings. The van der Waals surface area contributed by atoms with Crippen LogP contribution in [0.5, 0.6) is 0 Å². The number of carbonyl (C=O) groups excluding carboxylic acids is 1. The molecule has 0 aliphatic rings. The molecule has 0 atom stereocenters. The first-order valence-corrected chi connectivity index (χ1v) is 6.42. The van der Waals surface area contributed by atoms with E-state index in [-0.39, 0.29) is 0 Å². The molecule has 5 heteroatoms. The van der Waals surface area contributed by atoms with Gasteiger partial charge < -0.3 is 11.1 Å². The van der Waals surface area contributed by atoms with Crippen LogP contribution >= 0.6 is 0 Å². The predicted molar refractivity (Wildman–Crippen MR) is 79.7 cm³/mol. The number of aromatic nitrogens is 2. The number of carbonyl (C=O) groups is 1. The summed E-state index contributed by atoms with van der Waals surface area (Å²) < 4.78 is 0. The Kier molecular flexibility index (Phi) is 2.95. The molecule has 3 rings (SSSR count). The maximum absolute atomic E-state index is 11.3. The van der Waals surface area contributed by atoms with Gasteiger partial charge in [-0.3, -0.25) is 9.78 Å². The molecule has 0 saturated heterocycles. The number of nitrogens with two attached hydrogens (primary N) is 1. The van der Waals surface area contributed by atoms with E-state index in [1.54, 1.807) is 18.3 Å². The molecule has 0 aliphatic heterocycles. The molecule has 1 amide bonds. The van der Waals surface area contributed by atoms with Crippen LogP contribution < -0.4 is 11.1 Å². The molecule has 0 unspecified atom stereocenters. The Morgan fingerprint density at radius 3 is 2.85 bits per heavy atom. The summed E-state index contributed by atoms with van der Waals surface area (Å²) in [6.45, 7) is 2.78. The van der Waals surface area contributed by atoms with E-state index in [0.717, 1.165) is 34.0 Å². The van der Waals surface area contributed by atoms with E-state index in [1.807, 2.05) is 25.3 Å². The third-order valence-corrected chi connectivity index (χ3v) is 3.23. The summed E-state index contributed by atoms with van der Waals surface area (Å²) in [5.74, 6) is 0.337. The number of benzene rings is 1. The maximum Gasteiger partial charge on any atom is 0.248 e. The number of anilines is 1. The van der Waals surface area contributed by atoms with Gasteiger partial charge in [-0.1, -0.05) is 6.07 Å². The Morgan fingerprint density at radius 1 is 1.25 bits per heavy atom. The van der Waals surface area contributed by atoms with E-state index in [1.165, 1.54) is 0 Å². The van der Waals surface area contributed by atoms with Gasteiger partial charge in [-0.15, -0.1) is 0 Å². The van der Waals surface area contributed by atoms with Crippen molar-refractivity contribution in [1.29, 1.82) is 0 Å². The van der Waals surface area contributed by atoms with E-state index in [9.17, 15) is 4.79 Å². The molecule has 0 saturated carbocycles. The van der Waals surface area contributed by atoms with Crippen molar-refractivity contribution in [2.75, 3.05) is 11.9 Å². The fourth-order valence-electron chi connectivity index (χ4n) is 2.30. The Bertz CT molecular complexity index is 813. The second kappa shape index (κ2) is 4.77. The Morgan fingerprint density at radius 2 is 2.10 bits per heavy atom. The van der Waals surface area contributed by atoms with Gasteiger partial charge in [-0.05, 0) is 25.1 Å². The largest absolute Gasteiger partial charge is 0.370 e. The minimum Gasteiger partial charge on any atom is -0.370 e. The molecule has 2 aromatic heterocycles. The maximum atomic E-state index is 11.3. The van der Waals surface area contributed by atoms with E-state index >= 15 is 0 Å². The van der Waals surface area contributed by atoms with Crippen molar-refractivity contribution in [1.82, 2.24) is 9.97 Å². The highest BCUT2D eigenvalue weighted by atomic mass is 16.1. The fraction of sp³-hybridized carbons (Fsp3) is 0.133. The molecule has 3 N–H and O–H groups in total. The smallest absolute Gasteiger partial charge is 0.248 e. The minimum absolute atomic E-state index is 0.454. The van der Waals surface area contributed by atoms with Crippen LogP contribution in [-0.4, -0.2) is 22.4 Å². The van der Waals surface area contributed by atoms with E-state index < -0.39 is 5.91 Å². The quantitative estimate of drug-likeness (QED) is 0.713. The van der Waals surface area contributed by atoms with Gasteiger partial charge >= 0.3 is 0 Å². The van der Waals surface area contributed by atoms with Gasteiger partial charge in [-0.2, -0.15) is 0 Å². The first kappa shape index (κ1) is 12.3. The Labute approximate surface area is 115 Å². The zero-order valence-electron chi connectivity index (χ0n) is 11.1. The molecular formula is C15H14N4O. The summed E-state index contributed by atoms with van der Waals surface area (Å²) in [6, 6.07) is 7.22. The van der Waals surface area contributed by atoms with Crippen molar-refractivity contribution in [3.8, 4) is 0 Å². The van der Waals surface area contributed by atoms with Gasteiger partial charge in [0, 0.05) is 40.7 Å². The van der Waals surface area contributed by atoms with Gasteiger partial charge in [0.1, 0.15) is 5.82 Å². The lowest BCUT2D eigenvalue weighted by Gasteiger charge is -2.10. The van der Waals surface area contributed by atoms with Crippen molar-refractivity contribution in [2.24, 2.45) is 5.73 Å². The number of rotatable bonds is 3. The number of fused-ring (bicyclic) bond motifs is 3. The van der Waals surface area contributed by atoms with Crippen molar-refractivity contribution >= 4 is 33.4 Å². The number of nitrogens with zero attached hydrogens (tertiary/aromatic N) is 2. The summed E-state index contributed by atoms with van der Waals surface area (Å²) >= 11 is 0. The Hall–Kier alpha value is -2.69. The second-order valence-electron chi connectivity index (χ2n) is 4.51. The summed E-state index contributed by atoms with van der Waals surface area (Å²) in [7, 11) is 0. The van der Waals surface area contributed by atoms with Crippen molar-refractivity contribution in [2.45, 2.75) is 6.92 Å². The molecule has 100 valence electrons. The van der Waals surface area contributed by atoms with Gasteiger partial charge in [-0.25, -0.2) is 4.98 Å². The number of hydrogen-bond donors (Lipinski definition) is 2. The normalized spacial score (nSPS) is 10.8. The van der Waals surface area contributed by atoms with Gasteiger partial charge in [0.15, 0.2) is 0 Å². The zero-order chi connectivity index (χ0) is 14.1. The predicted octanol–water partition coefficient (Wildman–Crippen LogP) is 2.31. The van der Waals surface area contributed by atoms with Crippen LogP contribution in [0.4, 0.5) is 5.82 Å². The van der Waals surface area contributed by atoms with Crippen LogP contribution in [0.2, 0.25) is 0 Å². The molecule has 20 heavy (non-hydrogen) atoms. The molecular weight excluding hydrogens is 252 g/mol. The fourth-order valence-corrected chi connectivity index (χ4v) is 2.30. The lowest BCUT2D eigenvalue weighted by Crippen LogP contribution is -2.10. The summed E-state index contributed by atoms with van der Waals surface area (Å²) in [6.07, 6.45) is 3.55. The number of pyridine rings is 2. The van der Waals surface area contributed by atoms with Crippen molar-refractivity contribution < 1.29 is 4.79 Å². The zero-order valence-corrected chi connectivity index (χ0v) is 11.1. The molecule has 0 bridgehead atoms. The van der Waals surface area contributed by atoms with E-state index in [2.05, 4.69) is 15.3 Å². The van der Waals surface area contributed by atoms with Crippen LogP contribution in [-0.2, 0) is 0 Å². The molecule has 0 aliphatic carbocycles. The highest BCUT2D eigenvalue weighted by molar-refractivity contribution is 6.11. The third kappa shape index (κ3) is 1.93. The molecule has 0 spiro atoms. The molecule has 1 aromatic carbocycles. The van der Waals surface area contributed by atoms with Crippen molar-refractivity contribution in [3.63, 3.8) is 0 Å². The van der Waals surface area contributed by atoms with Gasteiger partial charge in [0.25, 0.3) is 0 Å². The monoisotopic (exact) mass is 266 g/mol. The summed E-state index contributed by atoms with van der Waals surface area (Å²) in [5.41, 5.74) is 6.51. The minimum atomic E-state index is -0.454. The topological polar surface area (TPSA) is 80.9 Å². The lowest BCUT2D eigenvalue weighted by molar-refractivity contribution is 0.100. The van der Waals surface area contributed by atoms with Gasteiger partial charge in [0.2, 0.25) is 5.91 Å². The lowest BCUT2D eigenvalue weighted by atomic mass is 10.1.